The van der Waals surface area contributed by atoms with Crippen LogP contribution in [0.5, 0.6) is 0 Å². The number of hydrogen-bond donors (Lipinski definition) is 1. The highest BCUT2D eigenvalue weighted by Gasteiger charge is 2.27. The minimum atomic E-state index is -0.617. The molecule has 2 aromatic rings. The zero-order chi connectivity index (χ0) is 21.8. The normalized spacial score (nSPS) is 11.1. The van der Waals surface area contributed by atoms with E-state index in [9.17, 15) is 14.4 Å². The highest BCUT2D eigenvalue weighted by Crippen LogP contribution is 2.34. The van der Waals surface area contributed by atoms with Crippen molar-refractivity contribution in [2.45, 2.75) is 41.5 Å². The number of para-hydroxylation sites is 1. The van der Waals surface area contributed by atoms with Gasteiger partial charge in [-0.3, -0.25) is 9.59 Å². The molecule has 29 heavy (non-hydrogen) atoms. The van der Waals surface area contributed by atoms with E-state index in [0.29, 0.717) is 17.1 Å². The van der Waals surface area contributed by atoms with Crippen LogP contribution in [0.1, 0.15) is 48.5 Å². The average molecular weight is 417 g/mol. The predicted molar refractivity (Wildman–Crippen MR) is 117 cm³/mol. The molecule has 0 radical (unpaired) electrons. The molecular formula is C22H28N2O4S. The summed E-state index contributed by atoms with van der Waals surface area (Å²) in [5, 5.41) is 3.28. The van der Waals surface area contributed by atoms with Crippen molar-refractivity contribution in [3.63, 3.8) is 0 Å². The number of aryl methyl sites for hydroxylation is 1. The van der Waals surface area contributed by atoms with Gasteiger partial charge in [-0.05, 0) is 38.5 Å². The minimum absolute atomic E-state index is 0.190. The molecule has 0 saturated heterocycles. The molecule has 1 aromatic heterocycles. The number of ether oxygens (including phenoxy) is 1. The van der Waals surface area contributed by atoms with E-state index in [2.05, 4.69) is 5.32 Å². The number of thiophene rings is 1. The summed E-state index contributed by atoms with van der Waals surface area (Å²) in [6.07, 6.45) is 0. The molecule has 0 atom stereocenters. The number of anilines is 2. The first-order chi connectivity index (χ1) is 13.6. The van der Waals surface area contributed by atoms with E-state index in [1.807, 2.05) is 44.2 Å². The van der Waals surface area contributed by atoms with Gasteiger partial charge < -0.3 is 15.0 Å². The highest BCUT2D eigenvalue weighted by atomic mass is 32.1. The number of likely N-dealkylation sites (N-methyl/N-ethyl adjacent to an activating group) is 1. The Labute approximate surface area is 175 Å². The SMILES string of the molecule is CCN(C(=O)COC(=O)c1c(NC(=O)C(C)(C)C)sc(C)c1C)c1ccccc1. The lowest BCUT2D eigenvalue weighted by atomic mass is 9.96. The van der Waals surface area contributed by atoms with Crippen LogP contribution in [0.25, 0.3) is 0 Å². The van der Waals surface area contributed by atoms with Crippen molar-refractivity contribution in [1.82, 2.24) is 0 Å². The maximum absolute atomic E-state index is 12.7. The Hall–Kier alpha value is -2.67. The van der Waals surface area contributed by atoms with Crippen LogP contribution in [0, 0.1) is 19.3 Å². The van der Waals surface area contributed by atoms with Crippen molar-refractivity contribution in [2.24, 2.45) is 5.41 Å². The summed E-state index contributed by atoms with van der Waals surface area (Å²) < 4.78 is 5.32. The van der Waals surface area contributed by atoms with Crippen LogP contribution < -0.4 is 10.2 Å². The Balaban J connectivity index is 2.14. The first kappa shape index (κ1) is 22.6. The smallest absolute Gasteiger partial charge is 0.341 e. The Bertz CT molecular complexity index is 898. The van der Waals surface area contributed by atoms with Gasteiger partial charge in [-0.1, -0.05) is 39.0 Å². The van der Waals surface area contributed by atoms with Crippen molar-refractivity contribution in [3.05, 3.63) is 46.3 Å². The first-order valence-corrected chi connectivity index (χ1v) is 10.3. The van der Waals surface area contributed by atoms with Crippen LogP contribution in [0.4, 0.5) is 10.7 Å². The van der Waals surface area contributed by atoms with Gasteiger partial charge in [-0.25, -0.2) is 4.79 Å². The van der Waals surface area contributed by atoms with Crippen LogP contribution in [0.2, 0.25) is 0 Å². The van der Waals surface area contributed by atoms with Gasteiger partial charge in [0, 0.05) is 22.5 Å². The monoisotopic (exact) mass is 416 g/mol. The van der Waals surface area contributed by atoms with Crippen molar-refractivity contribution >= 4 is 39.8 Å². The number of carbonyl (C=O) groups is 3. The fraction of sp³-hybridized carbons (Fsp3) is 0.409. The molecule has 6 nitrogen and oxygen atoms in total. The Morgan fingerprint density at radius 3 is 2.28 bits per heavy atom. The van der Waals surface area contributed by atoms with E-state index in [0.717, 1.165) is 16.1 Å². The quantitative estimate of drug-likeness (QED) is 0.701. The van der Waals surface area contributed by atoms with Gasteiger partial charge in [-0.15, -0.1) is 11.3 Å². The lowest BCUT2D eigenvalue weighted by Gasteiger charge is -2.21. The number of hydrogen-bond acceptors (Lipinski definition) is 5. The summed E-state index contributed by atoms with van der Waals surface area (Å²) in [5.74, 6) is -1.12. The van der Waals surface area contributed by atoms with Crippen LogP contribution in [0.3, 0.4) is 0 Å². The molecular weight excluding hydrogens is 388 g/mol. The van der Waals surface area contributed by atoms with Crippen molar-refractivity contribution in [2.75, 3.05) is 23.4 Å². The summed E-state index contributed by atoms with van der Waals surface area (Å²) in [7, 11) is 0. The number of nitrogens with zero attached hydrogens (tertiary/aromatic N) is 1. The van der Waals surface area contributed by atoms with E-state index in [-0.39, 0.29) is 18.4 Å². The van der Waals surface area contributed by atoms with Gasteiger partial charge in [0.25, 0.3) is 5.91 Å². The molecule has 0 aliphatic rings. The summed E-state index contributed by atoms with van der Waals surface area (Å²) in [6, 6.07) is 9.22. The van der Waals surface area contributed by atoms with Crippen LogP contribution in [-0.2, 0) is 14.3 Å². The minimum Gasteiger partial charge on any atom is -0.452 e. The molecule has 0 saturated carbocycles. The van der Waals surface area contributed by atoms with Gasteiger partial charge in [-0.2, -0.15) is 0 Å². The highest BCUT2D eigenvalue weighted by molar-refractivity contribution is 7.16. The van der Waals surface area contributed by atoms with Crippen LogP contribution >= 0.6 is 11.3 Å². The van der Waals surface area contributed by atoms with Crippen molar-refractivity contribution < 1.29 is 19.1 Å². The second kappa shape index (κ2) is 9.22. The standard InChI is InChI=1S/C22H28N2O4S/c1-7-24(16-11-9-8-10-12-16)17(25)13-28-20(26)18-14(2)15(3)29-19(18)23-21(27)22(4,5)6/h8-12H,7,13H2,1-6H3,(H,23,27). The van der Waals surface area contributed by atoms with E-state index in [4.69, 9.17) is 4.74 Å². The number of nitrogens with one attached hydrogen (secondary N) is 1. The molecule has 0 fully saturated rings. The number of carbonyl (C=O) groups excluding carboxylic acids is 3. The number of benzene rings is 1. The molecule has 0 aliphatic carbocycles. The van der Waals surface area contributed by atoms with Crippen molar-refractivity contribution in [1.29, 1.82) is 0 Å². The fourth-order valence-corrected chi connectivity index (χ4v) is 3.68. The molecule has 1 aromatic carbocycles. The molecule has 1 heterocycles. The summed E-state index contributed by atoms with van der Waals surface area (Å²) >= 11 is 1.33. The number of amides is 2. The van der Waals surface area contributed by atoms with Crippen LogP contribution in [0.15, 0.2) is 30.3 Å². The molecule has 1 N–H and O–H groups in total. The maximum Gasteiger partial charge on any atom is 0.341 e. The Kier molecular flexibility index (Phi) is 7.19. The Morgan fingerprint density at radius 1 is 1.10 bits per heavy atom. The number of rotatable bonds is 6. The third kappa shape index (κ3) is 5.44. The zero-order valence-corrected chi connectivity index (χ0v) is 18.6. The molecule has 0 unspecified atom stereocenters. The summed E-state index contributed by atoms with van der Waals surface area (Å²) in [6.45, 7) is 11.0. The molecule has 2 rings (SSSR count). The maximum atomic E-state index is 12.7. The molecule has 156 valence electrons. The van der Waals surface area contributed by atoms with Gasteiger partial charge in [0.1, 0.15) is 5.00 Å². The second-order valence-corrected chi connectivity index (χ2v) is 8.97. The van der Waals surface area contributed by atoms with E-state index in [1.54, 1.807) is 32.6 Å². The predicted octanol–water partition coefficient (Wildman–Crippen LogP) is 4.56. The van der Waals surface area contributed by atoms with E-state index >= 15 is 0 Å². The summed E-state index contributed by atoms with van der Waals surface area (Å²) in [4.78, 5) is 40.2. The molecule has 2 amide bonds. The van der Waals surface area contributed by atoms with Gasteiger partial charge in [0.05, 0.1) is 5.56 Å². The lowest BCUT2D eigenvalue weighted by molar-refractivity contribution is -0.123. The van der Waals surface area contributed by atoms with Crippen molar-refractivity contribution in [3.8, 4) is 0 Å². The average Bonchev–Trinajstić information content (AvgIpc) is 2.94. The largest absolute Gasteiger partial charge is 0.452 e. The van der Waals surface area contributed by atoms with E-state index in [1.165, 1.54) is 11.3 Å². The molecule has 0 spiro atoms. The van der Waals surface area contributed by atoms with Gasteiger partial charge in [0.2, 0.25) is 5.91 Å². The lowest BCUT2D eigenvalue weighted by Crippen LogP contribution is -2.34. The second-order valence-electron chi connectivity index (χ2n) is 7.74. The topological polar surface area (TPSA) is 75.7 Å². The number of esters is 1. The van der Waals surface area contributed by atoms with Gasteiger partial charge >= 0.3 is 5.97 Å². The molecule has 7 heteroatoms. The first-order valence-electron chi connectivity index (χ1n) is 9.50. The molecule has 0 aliphatic heterocycles. The van der Waals surface area contributed by atoms with Crippen LogP contribution in [-0.4, -0.2) is 30.9 Å². The molecule has 0 bridgehead atoms. The Morgan fingerprint density at radius 2 is 1.72 bits per heavy atom. The van der Waals surface area contributed by atoms with Gasteiger partial charge in [0.15, 0.2) is 6.61 Å². The van der Waals surface area contributed by atoms with E-state index < -0.39 is 11.4 Å². The third-order valence-electron chi connectivity index (χ3n) is 4.51. The summed E-state index contributed by atoms with van der Waals surface area (Å²) in [5.41, 5.74) is 1.20. The third-order valence-corrected chi connectivity index (χ3v) is 5.63. The zero-order valence-electron chi connectivity index (χ0n) is 17.8. The fourth-order valence-electron chi connectivity index (χ4n) is 2.64.